The molecule has 0 amide bonds. The number of hydrogen-bond donors (Lipinski definition) is 1. The number of fused-ring (bicyclic) bond motifs is 1. The molecule has 2 nitrogen and oxygen atoms in total. The molecule has 98 valence electrons. The minimum atomic E-state index is -0.767. The topological polar surface area (TPSA) is 29.5 Å². The summed E-state index contributed by atoms with van der Waals surface area (Å²) in [5.41, 5.74) is 1.75. The zero-order valence-corrected chi connectivity index (χ0v) is 11.5. The van der Waals surface area contributed by atoms with E-state index in [2.05, 4.69) is 0 Å². The Bertz CT molecular complexity index is 588. The van der Waals surface area contributed by atoms with Crippen molar-refractivity contribution in [1.82, 2.24) is 0 Å². The van der Waals surface area contributed by atoms with Crippen LogP contribution in [-0.2, 0) is 6.42 Å². The summed E-state index contributed by atoms with van der Waals surface area (Å²) < 4.78 is 5.77. The fourth-order valence-corrected chi connectivity index (χ4v) is 2.85. The second-order valence-electron chi connectivity index (χ2n) is 4.58. The van der Waals surface area contributed by atoms with Gasteiger partial charge in [0.2, 0.25) is 0 Å². The Morgan fingerprint density at radius 3 is 2.68 bits per heavy atom. The maximum absolute atomic E-state index is 10.4. The molecular weight excluding hydrogens is 283 g/mol. The molecule has 0 saturated carbocycles. The zero-order valence-electron chi connectivity index (χ0n) is 10.0. The number of benzene rings is 2. The highest BCUT2D eigenvalue weighted by Gasteiger charge is 2.30. The summed E-state index contributed by atoms with van der Waals surface area (Å²) >= 11 is 12.0. The molecule has 2 aromatic carbocycles. The van der Waals surface area contributed by atoms with Gasteiger partial charge in [0.1, 0.15) is 18.0 Å². The number of hydrogen-bond acceptors (Lipinski definition) is 2. The molecule has 2 unspecified atom stereocenters. The lowest BCUT2D eigenvalue weighted by Crippen LogP contribution is -2.23. The van der Waals surface area contributed by atoms with Crippen molar-refractivity contribution < 1.29 is 9.84 Å². The van der Waals surface area contributed by atoms with Gasteiger partial charge in [0.25, 0.3) is 0 Å². The second-order valence-corrected chi connectivity index (χ2v) is 5.42. The van der Waals surface area contributed by atoms with Gasteiger partial charge in [-0.2, -0.15) is 0 Å². The molecule has 1 aliphatic rings. The first-order valence-corrected chi connectivity index (χ1v) is 6.78. The summed E-state index contributed by atoms with van der Waals surface area (Å²) in [6, 6.07) is 12.9. The number of para-hydroxylation sites is 1. The first-order valence-electron chi connectivity index (χ1n) is 6.03. The van der Waals surface area contributed by atoms with Gasteiger partial charge in [0, 0.05) is 22.0 Å². The molecule has 0 saturated heterocycles. The number of aliphatic hydroxyl groups is 1. The molecule has 0 fully saturated rings. The van der Waals surface area contributed by atoms with Crippen LogP contribution in [0.4, 0.5) is 0 Å². The number of ether oxygens (including phenoxy) is 1. The van der Waals surface area contributed by atoms with E-state index in [-0.39, 0.29) is 6.10 Å². The van der Waals surface area contributed by atoms with Gasteiger partial charge in [0.15, 0.2) is 0 Å². The molecule has 1 aliphatic heterocycles. The van der Waals surface area contributed by atoms with Crippen LogP contribution < -0.4 is 4.74 Å². The molecule has 0 aliphatic carbocycles. The lowest BCUT2D eigenvalue weighted by Gasteiger charge is -2.19. The highest BCUT2D eigenvalue weighted by Crippen LogP contribution is 2.36. The molecule has 1 N–H and O–H groups in total. The third kappa shape index (κ3) is 2.44. The van der Waals surface area contributed by atoms with Crippen molar-refractivity contribution in [3.8, 4) is 5.75 Å². The lowest BCUT2D eigenvalue weighted by molar-refractivity contribution is 0.0493. The summed E-state index contributed by atoms with van der Waals surface area (Å²) in [6.45, 7) is 0. The third-order valence-electron chi connectivity index (χ3n) is 3.31. The SMILES string of the molecule is OC(c1ccc(Cl)cc1Cl)C1Cc2ccccc2O1. The van der Waals surface area contributed by atoms with E-state index in [0.717, 1.165) is 11.3 Å². The Kier molecular flexibility index (Phi) is 3.40. The lowest BCUT2D eigenvalue weighted by atomic mass is 10.0. The van der Waals surface area contributed by atoms with Crippen molar-refractivity contribution in [2.75, 3.05) is 0 Å². The van der Waals surface area contributed by atoms with Crippen molar-refractivity contribution in [1.29, 1.82) is 0 Å². The number of halogens is 2. The summed E-state index contributed by atoms with van der Waals surface area (Å²) in [6.07, 6.45) is -0.399. The van der Waals surface area contributed by atoms with Crippen LogP contribution in [0.5, 0.6) is 5.75 Å². The van der Waals surface area contributed by atoms with Crippen LogP contribution in [0, 0.1) is 0 Å². The van der Waals surface area contributed by atoms with E-state index < -0.39 is 6.10 Å². The van der Waals surface area contributed by atoms with Crippen LogP contribution in [0.2, 0.25) is 10.0 Å². The molecule has 3 rings (SSSR count). The smallest absolute Gasteiger partial charge is 0.133 e. The van der Waals surface area contributed by atoms with Crippen LogP contribution in [-0.4, -0.2) is 11.2 Å². The summed E-state index contributed by atoms with van der Waals surface area (Å²) in [4.78, 5) is 0. The normalized spacial score (nSPS) is 18.8. The van der Waals surface area contributed by atoms with Crippen molar-refractivity contribution in [3.63, 3.8) is 0 Å². The monoisotopic (exact) mass is 294 g/mol. The minimum absolute atomic E-state index is 0.309. The number of rotatable bonds is 2. The predicted molar refractivity (Wildman–Crippen MR) is 76.0 cm³/mol. The molecular formula is C15H12Cl2O2. The van der Waals surface area contributed by atoms with Gasteiger partial charge in [-0.25, -0.2) is 0 Å². The number of aliphatic hydroxyl groups excluding tert-OH is 1. The average molecular weight is 295 g/mol. The molecule has 0 aromatic heterocycles. The van der Waals surface area contributed by atoms with E-state index in [0.29, 0.717) is 22.0 Å². The summed E-state index contributed by atoms with van der Waals surface area (Å²) in [7, 11) is 0. The van der Waals surface area contributed by atoms with E-state index in [9.17, 15) is 5.11 Å². The van der Waals surface area contributed by atoms with Gasteiger partial charge in [-0.1, -0.05) is 47.5 Å². The summed E-state index contributed by atoms with van der Waals surface area (Å²) in [5, 5.41) is 11.4. The van der Waals surface area contributed by atoms with Crippen molar-refractivity contribution in [3.05, 3.63) is 63.6 Å². The standard InChI is InChI=1S/C15H12Cl2O2/c16-10-5-6-11(12(17)8-10)15(18)14-7-9-3-1-2-4-13(9)19-14/h1-6,8,14-15,18H,7H2. The van der Waals surface area contributed by atoms with Gasteiger partial charge >= 0.3 is 0 Å². The summed E-state index contributed by atoms with van der Waals surface area (Å²) in [5.74, 6) is 0.830. The van der Waals surface area contributed by atoms with E-state index in [1.165, 1.54) is 0 Å². The largest absolute Gasteiger partial charge is 0.487 e. The van der Waals surface area contributed by atoms with Crippen LogP contribution in [0.3, 0.4) is 0 Å². The molecule has 2 atom stereocenters. The van der Waals surface area contributed by atoms with E-state index in [1.54, 1.807) is 18.2 Å². The van der Waals surface area contributed by atoms with E-state index >= 15 is 0 Å². The van der Waals surface area contributed by atoms with Gasteiger partial charge < -0.3 is 9.84 Å². The maximum atomic E-state index is 10.4. The zero-order chi connectivity index (χ0) is 13.4. The molecule has 2 aromatic rings. The van der Waals surface area contributed by atoms with Crippen molar-refractivity contribution in [2.24, 2.45) is 0 Å². The van der Waals surface area contributed by atoms with Crippen molar-refractivity contribution >= 4 is 23.2 Å². The first-order chi connectivity index (χ1) is 9.15. The molecule has 0 spiro atoms. The second kappa shape index (κ2) is 5.04. The molecule has 0 radical (unpaired) electrons. The Balaban J connectivity index is 1.85. The molecule has 0 bridgehead atoms. The van der Waals surface area contributed by atoms with Crippen LogP contribution in [0.1, 0.15) is 17.2 Å². The highest BCUT2D eigenvalue weighted by molar-refractivity contribution is 6.35. The van der Waals surface area contributed by atoms with Crippen molar-refractivity contribution in [2.45, 2.75) is 18.6 Å². The van der Waals surface area contributed by atoms with Gasteiger partial charge in [0.05, 0.1) is 0 Å². The third-order valence-corrected chi connectivity index (χ3v) is 3.87. The van der Waals surface area contributed by atoms with Gasteiger partial charge in [-0.05, 0) is 23.8 Å². The fraction of sp³-hybridized carbons (Fsp3) is 0.200. The fourth-order valence-electron chi connectivity index (χ4n) is 2.33. The van der Waals surface area contributed by atoms with Crippen LogP contribution >= 0.6 is 23.2 Å². The first kappa shape index (κ1) is 12.8. The molecule has 1 heterocycles. The van der Waals surface area contributed by atoms with Crippen LogP contribution in [0.15, 0.2) is 42.5 Å². The Morgan fingerprint density at radius 1 is 1.16 bits per heavy atom. The highest BCUT2D eigenvalue weighted by atomic mass is 35.5. The van der Waals surface area contributed by atoms with E-state index in [1.807, 2.05) is 24.3 Å². The Morgan fingerprint density at radius 2 is 1.95 bits per heavy atom. The van der Waals surface area contributed by atoms with Crippen LogP contribution in [0.25, 0.3) is 0 Å². The molecule has 19 heavy (non-hydrogen) atoms. The maximum Gasteiger partial charge on any atom is 0.133 e. The molecule has 4 heteroatoms. The van der Waals surface area contributed by atoms with Gasteiger partial charge in [-0.15, -0.1) is 0 Å². The van der Waals surface area contributed by atoms with Gasteiger partial charge in [-0.3, -0.25) is 0 Å². The van der Waals surface area contributed by atoms with E-state index in [4.69, 9.17) is 27.9 Å². The average Bonchev–Trinajstić information content (AvgIpc) is 2.81. The minimum Gasteiger partial charge on any atom is -0.487 e. The Hall–Kier alpha value is -1.22. The quantitative estimate of drug-likeness (QED) is 0.906. The predicted octanol–water partition coefficient (Wildman–Crippen LogP) is 4.03. The Labute approximate surface area is 121 Å².